The van der Waals surface area contributed by atoms with Gasteiger partial charge < -0.3 is 19.8 Å². The molecular formula is C22H27ClF6N4O3. The number of halogens is 7. The van der Waals surface area contributed by atoms with Crippen LogP contribution in [0.5, 0.6) is 0 Å². The predicted octanol–water partition coefficient (Wildman–Crippen LogP) is 3.75. The maximum absolute atomic E-state index is 13.0. The highest BCUT2D eigenvalue weighted by Crippen LogP contribution is 2.45. The third-order valence-corrected chi connectivity index (χ3v) is 7.25. The van der Waals surface area contributed by atoms with Gasteiger partial charge in [0.1, 0.15) is 11.0 Å². The summed E-state index contributed by atoms with van der Waals surface area (Å²) in [7, 11) is 3.20. The van der Waals surface area contributed by atoms with E-state index in [-0.39, 0.29) is 54.4 Å². The summed E-state index contributed by atoms with van der Waals surface area (Å²) >= 11 is 6.19. The maximum atomic E-state index is 13.0. The van der Waals surface area contributed by atoms with E-state index >= 15 is 0 Å². The number of alkyl halides is 6. The Morgan fingerprint density at radius 2 is 1.42 bits per heavy atom. The monoisotopic (exact) mass is 544 g/mol. The number of amides is 2. The number of likely N-dealkylation sites (tertiary alicyclic amines) is 1. The second-order valence-corrected chi connectivity index (χ2v) is 9.73. The van der Waals surface area contributed by atoms with E-state index in [9.17, 15) is 41.0 Å². The summed E-state index contributed by atoms with van der Waals surface area (Å²) in [6.07, 6.45) is -10.4. The van der Waals surface area contributed by atoms with Gasteiger partial charge in [-0.1, -0.05) is 11.6 Å². The Labute approximate surface area is 209 Å². The number of carbonyl (C=O) groups excluding carboxylic acids is 2. The largest absolute Gasteiger partial charge is 0.435 e. The normalized spacial score (nSPS) is 18.9. The van der Waals surface area contributed by atoms with Gasteiger partial charge in [0.15, 0.2) is 0 Å². The Morgan fingerprint density at radius 1 is 0.944 bits per heavy atom. The van der Waals surface area contributed by atoms with Crippen molar-refractivity contribution in [3.63, 3.8) is 0 Å². The lowest BCUT2D eigenvalue weighted by Crippen LogP contribution is -2.67. The fourth-order valence-corrected chi connectivity index (χ4v) is 5.04. The number of hydrogen-bond acceptors (Lipinski definition) is 5. The van der Waals surface area contributed by atoms with Crippen LogP contribution in [0.15, 0.2) is 12.1 Å². The van der Waals surface area contributed by atoms with E-state index < -0.39 is 23.9 Å². The molecule has 2 saturated heterocycles. The Balaban J connectivity index is 1.57. The quantitative estimate of drug-likeness (QED) is 0.462. The molecule has 36 heavy (non-hydrogen) atoms. The van der Waals surface area contributed by atoms with Gasteiger partial charge in [0.25, 0.3) is 11.8 Å². The molecule has 0 spiro atoms. The van der Waals surface area contributed by atoms with Crippen LogP contribution in [0, 0.1) is 11.8 Å². The molecule has 0 aliphatic carbocycles. The first-order valence-corrected chi connectivity index (χ1v) is 11.7. The zero-order chi connectivity index (χ0) is 27.1. The molecular weight excluding hydrogens is 518 g/mol. The molecule has 0 atom stereocenters. The van der Waals surface area contributed by atoms with Gasteiger partial charge >= 0.3 is 18.0 Å². The van der Waals surface area contributed by atoms with Crippen LogP contribution in [-0.2, 0) is 4.79 Å². The molecule has 0 bridgehead atoms. The van der Waals surface area contributed by atoms with Gasteiger partial charge in [-0.2, -0.15) is 26.3 Å². The number of rotatable bonds is 4. The second-order valence-electron chi connectivity index (χ2n) is 9.37. The summed E-state index contributed by atoms with van der Waals surface area (Å²) in [5, 5.41) is 9.45. The third kappa shape index (κ3) is 5.36. The van der Waals surface area contributed by atoms with Crippen LogP contribution in [-0.4, -0.2) is 89.9 Å². The molecule has 0 aromatic carbocycles. The van der Waals surface area contributed by atoms with Crippen LogP contribution in [0.4, 0.5) is 32.2 Å². The molecule has 0 unspecified atom stereocenters. The summed E-state index contributed by atoms with van der Waals surface area (Å²) < 4.78 is 78.1. The molecule has 1 N–H and O–H groups in total. The summed E-state index contributed by atoms with van der Waals surface area (Å²) in [4.78, 5) is 32.4. The summed E-state index contributed by atoms with van der Waals surface area (Å²) in [6, 6.07) is 3.31. The van der Waals surface area contributed by atoms with Crippen molar-refractivity contribution in [1.82, 2.24) is 14.8 Å². The number of pyridine rings is 1. The van der Waals surface area contributed by atoms with E-state index in [4.69, 9.17) is 11.6 Å². The van der Waals surface area contributed by atoms with Crippen molar-refractivity contribution >= 4 is 29.2 Å². The number of aliphatic hydroxyl groups is 1. The summed E-state index contributed by atoms with van der Waals surface area (Å²) in [5.41, 5.74) is -5.14. The third-order valence-electron chi connectivity index (χ3n) is 6.96. The molecule has 2 aliphatic rings. The van der Waals surface area contributed by atoms with Crippen molar-refractivity contribution in [2.45, 2.75) is 43.6 Å². The van der Waals surface area contributed by atoms with Crippen molar-refractivity contribution < 1.29 is 41.0 Å². The topological polar surface area (TPSA) is 77.0 Å². The SMILES string of the molecule is CN(C)C(=O)c1ccc(N2CCC(C3CCN(C(=O)C(O)(C(F)(F)F)C(F)(F)F)CC3)CC2)nc1Cl. The van der Waals surface area contributed by atoms with Crippen molar-refractivity contribution in [2.24, 2.45) is 11.8 Å². The van der Waals surface area contributed by atoms with Crippen LogP contribution >= 0.6 is 11.6 Å². The van der Waals surface area contributed by atoms with Crippen molar-refractivity contribution in [2.75, 3.05) is 45.2 Å². The van der Waals surface area contributed by atoms with E-state index in [2.05, 4.69) is 4.98 Å². The molecule has 202 valence electrons. The van der Waals surface area contributed by atoms with E-state index in [1.54, 1.807) is 26.2 Å². The van der Waals surface area contributed by atoms with Crippen molar-refractivity contribution in [3.05, 3.63) is 22.8 Å². The van der Waals surface area contributed by atoms with Crippen LogP contribution in [0.25, 0.3) is 0 Å². The van der Waals surface area contributed by atoms with E-state index in [0.717, 1.165) is 0 Å². The average Bonchev–Trinajstić information content (AvgIpc) is 2.81. The Hall–Kier alpha value is -2.28. The first-order valence-electron chi connectivity index (χ1n) is 11.4. The zero-order valence-corrected chi connectivity index (χ0v) is 20.4. The highest BCUT2D eigenvalue weighted by molar-refractivity contribution is 6.32. The summed E-state index contributed by atoms with van der Waals surface area (Å²) in [6.45, 7) is 0.624. The second kappa shape index (κ2) is 10.2. The molecule has 3 rings (SSSR count). The van der Waals surface area contributed by atoms with Gasteiger partial charge in [0.05, 0.1) is 5.56 Å². The number of piperidine rings is 2. The maximum Gasteiger partial charge on any atom is 0.435 e. The van der Waals surface area contributed by atoms with Gasteiger partial charge in [-0.25, -0.2) is 4.98 Å². The average molecular weight is 545 g/mol. The van der Waals surface area contributed by atoms with Gasteiger partial charge in [0.2, 0.25) is 0 Å². The lowest BCUT2D eigenvalue weighted by Gasteiger charge is -2.42. The highest BCUT2D eigenvalue weighted by atomic mass is 35.5. The van der Waals surface area contributed by atoms with Crippen molar-refractivity contribution in [3.8, 4) is 0 Å². The molecule has 3 heterocycles. The smallest absolute Gasteiger partial charge is 0.366 e. The van der Waals surface area contributed by atoms with Crippen LogP contribution < -0.4 is 4.90 Å². The Morgan fingerprint density at radius 3 is 1.83 bits per heavy atom. The number of nitrogens with zero attached hydrogens (tertiary/aromatic N) is 4. The molecule has 2 aliphatic heterocycles. The zero-order valence-electron chi connectivity index (χ0n) is 19.7. The lowest BCUT2D eigenvalue weighted by molar-refractivity contribution is -0.353. The number of anilines is 1. The molecule has 1 aromatic rings. The minimum absolute atomic E-state index is 0.0257. The lowest BCUT2D eigenvalue weighted by atomic mass is 9.78. The first kappa shape index (κ1) is 28.3. The summed E-state index contributed by atoms with van der Waals surface area (Å²) in [5.74, 6) is -1.85. The molecule has 2 amide bonds. The molecule has 0 saturated carbocycles. The number of aromatic nitrogens is 1. The fraction of sp³-hybridized carbons (Fsp3) is 0.682. The standard InChI is InChI=1S/C22H27ClF6N4O3/c1-31(2)18(34)15-3-4-16(30-17(15)23)32-9-5-13(6-10-32)14-7-11-33(12-8-14)19(35)20(36,21(24,25)26)22(27,28)29/h3-4,13-14,36H,5-12H2,1-2H3. The van der Waals surface area contributed by atoms with Gasteiger partial charge in [0, 0.05) is 40.3 Å². The van der Waals surface area contributed by atoms with Crippen molar-refractivity contribution in [1.29, 1.82) is 0 Å². The molecule has 0 radical (unpaired) electrons. The molecule has 7 nitrogen and oxygen atoms in total. The highest BCUT2D eigenvalue weighted by Gasteiger charge is 2.76. The van der Waals surface area contributed by atoms with Gasteiger partial charge in [-0.3, -0.25) is 9.59 Å². The molecule has 14 heteroatoms. The van der Waals surface area contributed by atoms with Gasteiger partial charge in [-0.15, -0.1) is 0 Å². The van der Waals surface area contributed by atoms with Crippen LogP contribution in [0.1, 0.15) is 36.0 Å². The fourth-order valence-electron chi connectivity index (χ4n) is 4.81. The Bertz CT molecular complexity index is 958. The minimum atomic E-state index is -6.18. The van der Waals surface area contributed by atoms with Crippen LogP contribution in [0.3, 0.4) is 0 Å². The Kier molecular flexibility index (Phi) is 8.04. The molecule has 1 aromatic heterocycles. The number of hydrogen-bond donors (Lipinski definition) is 1. The van der Waals surface area contributed by atoms with E-state index in [1.807, 2.05) is 4.90 Å². The first-order chi connectivity index (χ1) is 16.6. The van der Waals surface area contributed by atoms with Crippen LogP contribution in [0.2, 0.25) is 5.15 Å². The van der Waals surface area contributed by atoms with Gasteiger partial charge in [-0.05, 0) is 49.7 Å². The predicted molar refractivity (Wildman–Crippen MR) is 119 cm³/mol. The minimum Gasteiger partial charge on any atom is -0.366 e. The van der Waals surface area contributed by atoms with E-state index in [0.29, 0.717) is 36.6 Å². The molecule has 2 fully saturated rings. The number of carbonyl (C=O) groups is 2. The van der Waals surface area contributed by atoms with E-state index in [1.165, 1.54) is 4.90 Å².